The van der Waals surface area contributed by atoms with Gasteiger partial charge >= 0.3 is 6.18 Å². The average molecular weight is 271 g/mol. The number of halogens is 4. The van der Waals surface area contributed by atoms with Gasteiger partial charge in [-0.25, -0.2) is 0 Å². The van der Waals surface area contributed by atoms with E-state index in [4.69, 9.17) is 0 Å². The SMILES string of the molecule is Cc1nn(CCC(F)(F)F)cc1CBr. The third kappa shape index (κ3) is 3.32. The largest absolute Gasteiger partial charge is 0.390 e. The van der Waals surface area contributed by atoms with Crippen LogP contribution in [0, 0.1) is 6.92 Å². The molecule has 0 bridgehead atoms. The molecule has 0 atom stereocenters. The van der Waals surface area contributed by atoms with E-state index in [-0.39, 0.29) is 6.54 Å². The van der Waals surface area contributed by atoms with Crippen LogP contribution < -0.4 is 0 Å². The highest BCUT2D eigenvalue weighted by molar-refractivity contribution is 9.08. The van der Waals surface area contributed by atoms with E-state index in [0.29, 0.717) is 5.33 Å². The predicted molar refractivity (Wildman–Crippen MR) is 50.3 cm³/mol. The third-order valence-electron chi connectivity index (χ3n) is 1.82. The predicted octanol–water partition coefficient (Wildman–Crippen LogP) is 3.04. The number of hydrogen-bond donors (Lipinski definition) is 0. The normalized spacial score (nSPS) is 12.1. The molecule has 80 valence electrons. The molecule has 14 heavy (non-hydrogen) atoms. The molecule has 0 N–H and O–H groups in total. The van der Waals surface area contributed by atoms with Crippen molar-refractivity contribution in [3.63, 3.8) is 0 Å². The van der Waals surface area contributed by atoms with Crippen LogP contribution in [0.1, 0.15) is 17.7 Å². The summed E-state index contributed by atoms with van der Waals surface area (Å²) in [4.78, 5) is 0. The Labute approximate surface area is 88.2 Å². The molecule has 0 aromatic carbocycles. The topological polar surface area (TPSA) is 17.8 Å². The zero-order valence-electron chi connectivity index (χ0n) is 7.60. The molecule has 0 spiro atoms. The summed E-state index contributed by atoms with van der Waals surface area (Å²) in [7, 11) is 0. The minimum Gasteiger partial charge on any atom is -0.272 e. The van der Waals surface area contributed by atoms with Crippen LogP contribution in [0.2, 0.25) is 0 Å². The molecule has 0 aliphatic heterocycles. The highest BCUT2D eigenvalue weighted by Gasteiger charge is 2.26. The lowest BCUT2D eigenvalue weighted by molar-refractivity contribution is -0.137. The molecule has 0 saturated carbocycles. The lowest BCUT2D eigenvalue weighted by Crippen LogP contribution is -2.12. The first kappa shape index (κ1) is 11.6. The molecule has 0 aliphatic carbocycles. The van der Waals surface area contributed by atoms with Gasteiger partial charge in [-0.15, -0.1) is 0 Å². The Morgan fingerprint density at radius 1 is 1.50 bits per heavy atom. The van der Waals surface area contributed by atoms with Crippen LogP contribution in [0.5, 0.6) is 0 Å². The summed E-state index contributed by atoms with van der Waals surface area (Å²) >= 11 is 3.24. The van der Waals surface area contributed by atoms with Crippen molar-refractivity contribution in [3.05, 3.63) is 17.5 Å². The van der Waals surface area contributed by atoms with Gasteiger partial charge in [0.1, 0.15) is 0 Å². The fourth-order valence-corrected chi connectivity index (χ4v) is 1.60. The summed E-state index contributed by atoms with van der Waals surface area (Å²) in [6.07, 6.45) is -3.32. The number of hydrogen-bond acceptors (Lipinski definition) is 1. The van der Waals surface area contributed by atoms with Crippen LogP contribution in [0.4, 0.5) is 13.2 Å². The summed E-state index contributed by atoms with van der Waals surface area (Å²) in [5.74, 6) is 0. The second-order valence-corrected chi connectivity index (χ2v) is 3.56. The molecule has 1 rings (SSSR count). The van der Waals surface area contributed by atoms with Gasteiger partial charge in [0.25, 0.3) is 0 Å². The smallest absolute Gasteiger partial charge is 0.272 e. The Balaban J connectivity index is 2.60. The summed E-state index contributed by atoms with van der Waals surface area (Å²) in [6.45, 7) is 1.66. The molecule has 1 aromatic heterocycles. The lowest BCUT2D eigenvalue weighted by Gasteiger charge is -2.05. The number of rotatable bonds is 3. The van der Waals surface area contributed by atoms with Gasteiger partial charge in [0.05, 0.1) is 12.1 Å². The van der Waals surface area contributed by atoms with E-state index in [2.05, 4.69) is 21.0 Å². The number of alkyl halides is 4. The standard InChI is InChI=1S/C8H10BrF3N2/c1-6-7(4-9)5-14(13-6)3-2-8(10,11)12/h5H,2-4H2,1H3. The van der Waals surface area contributed by atoms with E-state index in [1.165, 1.54) is 4.68 Å². The van der Waals surface area contributed by atoms with Gasteiger partial charge < -0.3 is 0 Å². The summed E-state index contributed by atoms with van der Waals surface area (Å²) < 4.78 is 37.0. The van der Waals surface area contributed by atoms with Gasteiger partial charge in [0.2, 0.25) is 0 Å². The van der Waals surface area contributed by atoms with Crippen molar-refractivity contribution < 1.29 is 13.2 Å². The van der Waals surface area contributed by atoms with Crippen LogP contribution in [0.15, 0.2) is 6.20 Å². The molecule has 0 saturated heterocycles. The average Bonchev–Trinajstić information content (AvgIpc) is 2.42. The maximum Gasteiger partial charge on any atom is 0.390 e. The van der Waals surface area contributed by atoms with Crippen molar-refractivity contribution in [3.8, 4) is 0 Å². The van der Waals surface area contributed by atoms with Gasteiger partial charge in [0, 0.05) is 23.6 Å². The first-order valence-corrected chi connectivity index (χ1v) is 5.20. The second kappa shape index (κ2) is 4.33. The van der Waals surface area contributed by atoms with Crippen LogP contribution >= 0.6 is 15.9 Å². The first-order chi connectivity index (χ1) is 6.42. The highest BCUT2D eigenvalue weighted by atomic mass is 79.9. The molecular weight excluding hydrogens is 261 g/mol. The van der Waals surface area contributed by atoms with E-state index < -0.39 is 12.6 Å². The third-order valence-corrected chi connectivity index (χ3v) is 2.42. The van der Waals surface area contributed by atoms with Crippen molar-refractivity contribution in [1.29, 1.82) is 0 Å². The molecule has 2 nitrogen and oxygen atoms in total. The molecule has 0 unspecified atom stereocenters. The molecule has 0 aliphatic rings. The molecule has 1 heterocycles. The van der Waals surface area contributed by atoms with Gasteiger partial charge in [-0.05, 0) is 6.92 Å². The van der Waals surface area contributed by atoms with Crippen LogP contribution in [-0.4, -0.2) is 16.0 Å². The quantitative estimate of drug-likeness (QED) is 0.772. The Bertz CT molecular complexity index is 306. The van der Waals surface area contributed by atoms with Crippen molar-refractivity contribution in [2.75, 3.05) is 0 Å². The Morgan fingerprint density at radius 3 is 2.57 bits per heavy atom. The van der Waals surface area contributed by atoms with Crippen molar-refractivity contribution >= 4 is 15.9 Å². The van der Waals surface area contributed by atoms with E-state index in [9.17, 15) is 13.2 Å². The van der Waals surface area contributed by atoms with Crippen LogP contribution in [-0.2, 0) is 11.9 Å². The first-order valence-electron chi connectivity index (χ1n) is 4.08. The number of aryl methyl sites for hydroxylation is 2. The van der Waals surface area contributed by atoms with Gasteiger partial charge in [0.15, 0.2) is 0 Å². The molecule has 0 amide bonds. The number of aromatic nitrogens is 2. The van der Waals surface area contributed by atoms with Gasteiger partial charge in [-0.1, -0.05) is 15.9 Å². The Kier molecular flexibility index (Phi) is 3.58. The fourth-order valence-electron chi connectivity index (χ4n) is 1.05. The number of nitrogens with zero attached hydrogens (tertiary/aromatic N) is 2. The lowest BCUT2D eigenvalue weighted by atomic mass is 10.3. The Morgan fingerprint density at radius 2 is 2.14 bits per heavy atom. The molecule has 0 radical (unpaired) electrons. The van der Waals surface area contributed by atoms with Crippen molar-refractivity contribution in [2.24, 2.45) is 0 Å². The van der Waals surface area contributed by atoms with Crippen molar-refractivity contribution in [1.82, 2.24) is 9.78 Å². The molecule has 0 fully saturated rings. The maximum absolute atomic E-state index is 11.9. The highest BCUT2D eigenvalue weighted by Crippen LogP contribution is 2.20. The molecule has 6 heteroatoms. The van der Waals surface area contributed by atoms with E-state index in [0.717, 1.165) is 11.3 Å². The second-order valence-electron chi connectivity index (χ2n) is 3.00. The van der Waals surface area contributed by atoms with Crippen LogP contribution in [0.3, 0.4) is 0 Å². The van der Waals surface area contributed by atoms with Crippen LogP contribution in [0.25, 0.3) is 0 Å². The van der Waals surface area contributed by atoms with E-state index in [1.807, 2.05) is 0 Å². The zero-order chi connectivity index (χ0) is 10.8. The monoisotopic (exact) mass is 270 g/mol. The Hall–Kier alpha value is -0.520. The summed E-state index contributed by atoms with van der Waals surface area (Å²) in [6, 6.07) is 0. The van der Waals surface area contributed by atoms with Gasteiger partial charge in [-0.3, -0.25) is 4.68 Å². The summed E-state index contributed by atoms with van der Waals surface area (Å²) in [5.41, 5.74) is 1.69. The molecular formula is C8H10BrF3N2. The summed E-state index contributed by atoms with van der Waals surface area (Å²) in [5, 5.41) is 4.59. The van der Waals surface area contributed by atoms with Crippen molar-refractivity contribution in [2.45, 2.75) is 31.4 Å². The maximum atomic E-state index is 11.9. The minimum atomic E-state index is -4.12. The van der Waals surface area contributed by atoms with E-state index in [1.54, 1.807) is 13.1 Å². The van der Waals surface area contributed by atoms with Gasteiger partial charge in [-0.2, -0.15) is 18.3 Å². The molecule has 1 aromatic rings. The van der Waals surface area contributed by atoms with E-state index >= 15 is 0 Å². The fraction of sp³-hybridized carbons (Fsp3) is 0.625. The minimum absolute atomic E-state index is 0.114. The zero-order valence-corrected chi connectivity index (χ0v) is 9.19.